The van der Waals surface area contributed by atoms with Gasteiger partial charge in [0.25, 0.3) is 0 Å². The first-order valence-electron chi connectivity index (χ1n) is 4.99. The van der Waals surface area contributed by atoms with E-state index in [1.807, 2.05) is 17.5 Å². The normalized spacial score (nSPS) is 13.4. The molecule has 1 unspecified atom stereocenters. The molecular formula is C10H15NO3S2. The minimum absolute atomic E-state index is 0.0133. The highest BCUT2D eigenvalue weighted by atomic mass is 32.2. The Balaban J connectivity index is 2.53. The molecule has 1 atom stereocenters. The van der Waals surface area contributed by atoms with Crippen LogP contribution in [0.15, 0.2) is 17.5 Å². The largest absolute Gasteiger partial charge is 0.350 e. The molecule has 0 aromatic carbocycles. The van der Waals surface area contributed by atoms with Gasteiger partial charge in [-0.1, -0.05) is 13.0 Å². The van der Waals surface area contributed by atoms with Crippen LogP contribution in [0.25, 0.3) is 0 Å². The van der Waals surface area contributed by atoms with Gasteiger partial charge in [0.1, 0.15) is 5.25 Å². The number of sulfone groups is 1. The van der Waals surface area contributed by atoms with E-state index < -0.39 is 21.0 Å². The monoisotopic (exact) mass is 261 g/mol. The molecule has 0 bridgehead atoms. The second-order valence-electron chi connectivity index (χ2n) is 3.39. The van der Waals surface area contributed by atoms with E-state index >= 15 is 0 Å². The number of rotatable bonds is 5. The molecule has 0 fully saturated rings. The van der Waals surface area contributed by atoms with Crippen LogP contribution >= 0.6 is 11.3 Å². The number of nitrogens with one attached hydrogen (secondary N) is 1. The number of hydrogen-bond donors (Lipinski definition) is 1. The van der Waals surface area contributed by atoms with E-state index in [0.717, 1.165) is 4.88 Å². The van der Waals surface area contributed by atoms with Crippen molar-refractivity contribution in [2.75, 3.05) is 5.75 Å². The van der Waals surface area contributed by atoms with E-state index in [4.69, 9.17) is 0 Å². The molecule has 1 aromatic heterocycles. The Hall–Kier alpha value is -0.880. The first kappa shape index (κ1) is 13.2. The number of hydrogen-bond acceptors (Lipinski definition) is 4. The van der Waals surface area contributed by atoms with Crippen LogP contribution in [-0.4, -0.2) is 25.3 Å². The highest BCUT2D eigenvalue weighted by molar-refractivity contribution is 7.92. The Bertz CT molecular complexity index is 437. The summed E-state index contributed by atoms with van der Waals surface area (Å²) in [7, 11) is -3.30. The van der Waals surface area contributed by atoms with Crippen LogP contribution in [0.2, 0.25) is 0 Å². The number of thiophene rings is 1. The van der Waals surface area contributed by atoms with E-state index in [1.165, 1.54) is 18.3 Å². The van der Waals surface area contributed by atoms with Gasteiger partial charge in [-0.3, -0.25) is 4.79 Å². The molecule has 0 saturated heterocycles. The zero-order valence-electron chi connectivity index (χ0n) is 9.26. The fraction of sp³-hybridized carbons (Fsp3) is 0.500. The number of carbonyl (C=O) groups is 1. The SMILES string of the molecule is CCS(=O)(=O)C(C)C(=O)NCc1cccs1. The summed E-state index contributed by atoms with van der Waals surface area (Å²) in [5.74, 6) is -0.448. The molecule has 1 heterocycles. The van der Waals surface area contributed by atoms with Crippen LogP contribution < -0.4 is 5.32 Å². The fourth-order valence-electron chi connectivity index (χ4n) is 1.14. The molecule has 6 heteroatoms. The van der Waals surface area contributed by atoms with Gasteiger partial charge < -0.3 is 5.32 Å². The van der Waals surface area contributed by atoms with E-state index in [2.05, 4.69) is 5.32 Å². The second kappa shape index (κ2) is 5.45. The molecule has 0 aliphatic rings. The maximum Gasteiger partial charge on any atom is 0.238 e. The molecule has 1 aromatic rings. The minimum Gasteiger partial charge on any atom is -0.350 e. The van der Waals surface area contributed by atoms with E-state index in [-0.39, 0.29) is 5.75 Å². The molecule has 1 rings (SSSR count). The minimum atomic E-state index is -3.30. The molecule has 0 saturated carbocycles. The fourth-order valence-corrected chi connectivity index (χ4v) is 2.70. The molecule has 90 valence electrons. The van der Waals surface area contributed by atoms with Gasteiger partial charge in [0.05, 0.1) is 6.54 Å². The molecule has 0 radical (unpaired) electrons. The average molecular weight is 261 g/mol. The Morgan fingerprint density at radius 2 is 2.25 bits per heavy atom. The topological polar surface area (TPSA) is 63.2 Å². The molecule has 0 aliphatic carbocycles. The summed E-state index contributed by atoms with van der Waals surface area (Å²) in [4.78, 5) is 12.6. The van der Waals surface area contributed by atoms with E-state index in [9.17, 15) is 13.2 Å². The Morgan fingerprint density at radius 3 is 2.75 bits per heavy atom. The second-order valence-corrected chi connectivity index (χ2v) is 7.03. The standard InChI is InChI=1S/C10H15NO3S2/c1-3-16(13,14)8(2)10(12)11-7-9-5-4-6-15-9/h4-6,8H,3,7H2,1-2H3,(H,11,12). The molecule has 16 heavy (non-hydrogen) atoms. The maximum atomic E-state index is 11.6. The number of carbonyl (C=O) groups excluding carboxylic acids is 1. The van der Waals surface area contributed by atoms with Crippen molar-refractivity contribution in [1.82, 2.24) is 5.32 Å². The van der Waals surface area contributed by atoms with Gasteiger partial charge in [-0.15, -0.1) is 11.3 Å². The number of amides is 1. The summed E-state index contributed by atoms with van der Waals surface area (Å²) in [6.45, 7) is 3.35. The van der Waals surface area contributed by atoms with Gasteiger partial charge >= 0.3 is 0 Å². The third-order valence-corrected chi connectivity index (χ3v) is 5.30. The summed E-state index contributed by atoms with van der Waals surface area (Å²) in [6.07, 6.45) is 0. The smallest absolute Gasteiger partial charge is 0.238 e. The van der Waals surface area contributed by atoms with Gasteiger partial charge in [0, 0.05) is 10.6 Å². The molecule has 0 spiro atoms. The third-order valence-electron chi connectivity index (χ3n) is 2.33. The lowest BCUT2D eigenvalue weighted by atomic mass is 10.4. The Labute approximate surface area is 99.6 Å². The Kier molecular flexibility index (Phi) is 4.49. The first-order chi connectivity index (χ1) is 7.47. The molecule has 1 amide bonds. The van der Waals surface area contributed by atoms with E-state index in [0.29, 0.717) is 6.54 Å². The maximum absolute atomic E-state index is 11.6. The van der Waals surface area contributed by atoms with Crippen LogP contribution in [0.3, 0.4) is 0 Å². The predicted octanol–water partition coefficient (Wildman–Crippen LogP) is 1.19. The zero-order chi connectivity index (χ0) is 12.2. The van der Waals surface area contributed by atoms with Crippen LogP contribution in [0.5, 0.6) is 0 Å². The predicted molar refractivity (Wildman–Crippen MR) is 65.1 cm³/mol. The van der Waals surface area contributed by atoms with Crippen molar-refractivity contribution in [1.29, 1.82) is 0 Å². The summed E-state index contributed by atoms with van der Waals surface area (Å²) < 4.78 is 22.9. The van der Waals surface area contributed by atoms with Crippen molar-refractivity contribution in [3.8, 4) is 0 Å². The van der Waals surface area contributed by atoms with Gasteiger partial charge in [-0.05, 0) is 18.4 Å². The zero-order valence-corrected chi connectivity index (χ0v) is 10.9. The summed E-state index contributed by atoms with van der Waals surface area (Å²) in [5.41, 5.74) is 0. The van der Waals surface area contributed by atoms with E-state index in [1.54, 1.807) is 6.92 Å². The van der Waals surface area contributed by atoms with Crippen molar-refractivity contribution in [3.63, 3.8) is 0 Å². The quantitative estimate of drug-likeness (QED) is 0.866. The van der Waals surface area contributed by atoms with Gasteiger partial charge in [-0.25, -0.2) is 8.42 Å². The molecule has 1 N–H and O–H groups in total. The summed E-state index contributed by atoms with van der Waals surface area (Å²) in [5, 5.41) is 3.55. The van der Waals surface area contributed by atoms with Crippen LogP contribution in [0.1, 0.15) is 18.7 Å². The van der Waals surface area contributed by atoms with Gasteiger partial charge in [0.15, 0.2) is 9.84 Å². The lowest BCUT2D eigenvalue weighted by Crippen LogP contribution is -2.38. The summed E-state index contributed by atoms with van der Waals surface area (Å²) in [6, 6.07) is 3.78. The third kappa shape index (κ3) is 3.31. The van der Waals surface area contributed by atoms with Crippen molar-refractivity contribution < 1.29 is 13.2 Å². The van der Waals surface area contributed by atoms with Crippen molar-refractivity contribution in [2.45, 2.75) is 25.6 Å². The first-order valence-corrected chi connectivity index (χ1v) is 7.58. The van der Waals surface area contributed by atoms with Crippen LogP contribution in [-0.2, 0) is 21.2 Å². The van der Waals surface area contributed by atoms with Gasteiger partial charge in [-0.2, -0.15) is 0 Å². The highest BCUT2D eigenvalue weighted by Gasteiger charge is 2.25. The molecular weight excluding hydrogens is 246 g/mol. The van der Waals surface area contributed by atoms with Crippen molar-refractivity contribution in [3.05, 3.63) is 22.4 Å². The van der Waals surface area contributed by atoms with Crippen molar-refractivity contribution in [2.24, 2.45) is 0 Å². The molecule has 0 aliphatic heterocycles. The van der Waals surface area contributed by atoms with Crippen LogP contribution in [0.4, 0.5) is 0 Å². The summed E-state index contributed by atoms with van der Waals surface area (Å²) >= 11 is 1.53. The van der Waals surface area contributed by atoms with Crippen molar-refractivity contribution >= 4 is 27.1 Å². The average Bonchev–Trinajstić information content (AvgIpc) is 2.77. The van der Waals surface area contributed by atoms with Crippen LogP contribution in [0, 0.1) is 0 Å². The lowest BCUT2D eigenvalue weighted by molar-refractivity contribution is -0.120. The molecule has 4 nitrogen and oxygen atoms in total. The highest BCUT2D eigenvalue weighted by Crippen LogP contribution is 2.08. The lowest BCUT2D eigenvalue weighted by Gasteiger charge is -2.11. The Morgan fingerprint density at radius 1 is 1.56 bits per heavy atom. The van der Waals surface area contributed by atoms with Gasteiger partial charge in [0.2, 0.25) is 5.91 Å².